The number of aromatic nitrogens is 2. The summed E-state index contributed by atoms with van der Waals surface area (Å²) in [5, 5.41) is 5.56. The van der Waals surface area contributed by atoms with Gasteiger partial charge in [0.25, 0.3) is 0 Å². The van der Waals surface area contributed by atoms with Crippen LogP contribution in [0.4, 0.5) is 0 Å². The van der Waals surface area contributed by atoms with Gasteiger partial charge < -0.3 is 5.73 Å². The third-order valence-electron chi connectivity index (χ3n) is 2.90. The first-order valence-electron chi connectivity index (χ1n) is 5.61. The Morgan fingerprint density at radius 2 is 1.82 bits per heavy atom. The molecule has 84 valence electrons. The number of fused-ring (bicyclic) bond motifs is 1. The van der Waals surface area contributed by atoms with Crippen molar-refractivity contribution in [1.82, 2.24) is 9.78 Å². The van der Waals surface area contributed by atoms with Crippen LogP contribution in [-0.4, -0.2) is 9.78 Å². The molecule has 1 aromatic heterocycles. The van der Waals surface area contributed by atoms with Crippen molar-refractivity contribution in [2.24, 2.45) is 5.73 Å². The second-order valence-electron chi connectivity index (χ2n) is 3.95. The lowest BCUT2D eigenvalue weighted by atomic mass is 10.1. The Bertz CT molecular complexity index is 641. The topological polar surface area (TPSA) is 43.8 Å². The number of nitrogens with zero attached hydrogens (tertiary/aromatic N) is 2. The predicted molar refractivity (Wildman–Crippen MR) is 69.0 cm³/mol. The molecule has 0 saturated heterocycles. The largest absolute Gasteiger partial charge is 0.326 e. The zero-order valence-corrected chi connectivity index (χ0v) is 9.38. The van der Waals surface area contributed by atoms with E-state index in [1.54, 1.807) is 0 Å². The molecule has 2 aromatic carbocycles. The zero-order chi connectivity index (χ0) is 11.7. The normalized spacial score (nSPS) is 10.9. The molecular weight excluding hydrogens is 210 g/mol. The summed E-state index contributed by atoms with van der Waals surface area (Å²) in [5.74, 6) is 0. The molecule has 3 heteroatoms. The van der Waals surface area contributed by atoms with Crippen LogP contribution in [0.15, 0.2) is 54.7 Å². The van der Waals surface area contributed by atoms with Gasteiger partial charge >= 0.3 is 0 Å². The lowest BCUT2D eigenvalue weighted by Gasteiger charge is -2.06. The van der Waals surface area contributed by atoms with Crippen molar-refractivity contribution in [2.75, 3.05) is 0 Å². The third-order valence-corrected chi connectivity index (χ3v) is 2.90. The van der Waals surface area contributed by atoms with Gasteiger partial charge in [-0.1, -0.05) is 36.4 Å². The van der Waals surface area contributed by atoms with E-state index in [1.807, 2.05) is 53.3 Å². The van der Waals surface area contributed by atoms with Crippen molar-refractivity contribution in [3.63, 3.8) is 0 Å². The van der Waals surface area contributed by atoms with Crippen molar-refractivity contribution in [1.29, 1.82) is 0 Å². The molecule has 0 aliphatic carbocycles. The fraction of sp³-hybridized carbons (Fsp3) is 0.0714. The van der Waals surface area contributed by atoms with E-state index in [0.29, 0.717) is 6.54 Å². The molecule has 3 rings (SSSR count). The van der Waals surface area contributed by atoms with Gasteiger partial charge in [0.2, 0.25) is 0 Å². The first kappa shape index (κ1) is 10.1. The highest BCUT2D eigenvalue weighted by Gasteiger charge is 2.07. The summed E-state index contributed by atoms with van der Waals surface area (Å²) in [7, 11) is 0. The van der Waals surface area contributed by atoms with E-state index in [2.05, 4.69) is 11.2 Å². The van der Waals surface area contributed by atoms with E-state index >= 15 is 0 Å². The SMILES string of the molecule is NCc1cccc2cnn(-c3ccccc3)c12. The minimum absolute atomic E-state index is 0.524. The molecule has 0 bridgehead atoms. The summed E-state index contributed by atoms with van der Waals surface area (Å²) in [5.41, 5.74) is 9.05. The van der Waals surface area contributed by atoms with Gasteiger partial charge in [-0.25, -0.2) is 4.68 Å². The lowest BCUT2D eigenvalue weighted by molar-refractivity contribution is 0.900. The monoisotopic (exact) mass is 223 g/mol. The van der Waals surface area contributed by atoms with Gasteiger partial charge in [-0.2, -0.15) is 5.10 Å². The summed E-state index contributed by atoms with van der Waals surface area (Å²) in [6.45, 7) is 0.524. The fourth-order valence-corrected chi connectivity index (χ4v) is 2.08. The van der Waals surface area contributed by atoms with Crippen LogP contribution in [0.2, 0.25) is 0 Å². The number of hydrogen-bond acceptors (Lipinski definition) is 2. The Labute approximate surface area is 99.5 Å². The summed E-state index contributed by atoms with van der Waals surface area (Å²) < 4.78 is 1.94. The molecule has 0 spiro atoms. The molecule has 3 aromatic rings. The van der Waals surface area contributed by atoms with Crippen LogP contribution < -0.4 is 5.73 Å². The molecule has 0 unspecified atom stereocenters. The standard InChI is InChI=1S/C14H13N3/c15-9-11-5-4-6-12-10-16-17(14(11)12)13-7-2-1-3-8-13/h1-8,10H,9,15H2. The Morgan fingerprint density at radius 1 is 1.00 bits per heavy atom. The maximum atomic E-state index is 5.78. The van der Waals surface area contributed by atoms with Crippen molar-refractivity contribution in [2.45, 2.75) is 6.54 Å². The van der Waals surface area contributed by atoms with Crippen LogP contribution in [0.3, 0.4) is 0 Å². The molecule has 0 amide bonds. The van der Waals surface area contributed by atoms with E-state index in [9.17, 15) is 0 Å². The van der Waals surface area contributed by atoms with Crippen LogP contribution in [0.25, 0.3) is 16.6 Å². The van der Waals surface area contributed by atoms with Gasteiger partial charge in [0.15, 0.2) is 0 Å². The predicted octanol–water partition coefficient (Wildman–Crippen LogP) is 2.48. The van der Waals surface area contributed by atoms with Crippen molar-refractivity contribution in [3.05, 3.63) is 60.3 Å². The Morgan fingerprint density at radius 3 is 2.59 bits per heavy atom. The summed E-state index contributed by atoms with van der Waals surface area (Å²) >= 11 is 0. The highest BCUT2D eigenvalue weighted by Crippen LogP contribution is 2.21. The molecule has 0 fully saturated rings. The summed E-state index contributed by atoms with van der Waals surface area (Å²) in [6.07, 6.45) is 1.88. The zero-order valence-electron chi connectivity index (χ0n) is 9.38. The molecule has 0 aliphatic rings. The number of para-hydroxylation sites is 2. The lowest BCUT2D eigenvalue weighted by Crippen LogP contribution is -2.02. The van der Waals surface area contributed by atoms with Gasteiger partial charge in [-0.15, -0.1) is 0 Å². The maximum Gasteiger partial charge on any atom is 0.0785 e. The maximum absolute atomic E-state index is 5.78. The highest BCUT2D eigenvalue weighted by molar-refractivity contribution is 5.83. The molecule has 1 heterocycles. The average molecular weight is 223 g/mol. The smallest absolute Gasteiger partial charge is 0.0785 e. The van der Waals surface area contributed by atoms with Crippen LogP contribution in [0.5, 0.6) is 0 Å². The van der Waals surface area contributed by atoms with E-state index in [-0.39, 0.29) is 0 Å². The summed E-state index contributed by atoms with van der Waals surface area (Å²) in [4.78, 5) is 0. The molecule has 17 heavy (non-hydrogen) atoms. The third kappa shape index (κ3) is 1.61. The Balaban J connectivity index is 2.31. The Kier molecular flexibility index (Phi) is 2.38. The first-order valence-corrected chi connectivity index (χ1v) is 5.61. The fourth-order valence-electron chi connectivity index (χ4n) is 2.08. The van der Waals surface area contributed by atoms with Crippen molar-refractivity contribution < 1.29 is 0 Å². The molecular formula is C14H13N3. The van der Waals surface area contributed by atoms with Crippen LogP contribution in [-0.2, 0) is 6.54 Å². The first-order chi connectivity index (χ1) is 8.40. The van der Waals surface area contributed by atoms with E-state index < -0.39 is 0 Å². The summed E-state index contributed by atoms with van der Waals surface area (Å²) in [6, 6.07) is 16.2. The van der Waals surface area contributed by atoms with Gasteiger partial charge in [0, 0.05) is 11.9 Å². The molecule has 0 saturated carbocycles. The molecule has 0 aliphatic heterocycles. The van der Waals surface area contributed by atoms with Crippen LogP contribution in [0.1, 0.15) is 5.56 Å². The van der Waals surface area contributed by atoms with Gasteiger partial charge in [-0.05, 0) is 17.7 Å². The number of rotatable bonds is 2. The number of nitrogens with two attached hydrogens (primary N) is 1. The van der Waals surface area contributed by atoms with E-state index in [1.165, 1.54) is 0 Å². The average Bonchev–Trinajstić information content (AvgIpc) is 2.83. The highest BCUT2D eigenvalue weighted by atomic mass is 15.3. The van der Waals surface area contributed by atoms with Crippen molar-refractivity contribution >= 4 is 10.9 Å². The van der Waals surface area contributed by atoms with E-state index in [0.717, 1.165) is 22.2 Å². The quantitative estimate of drug-likeness (QED) is 0.725. The molecule has 2 N–H and O–H groups in total. The minimum atomic E-state index is 0.524. The van der Waals surface area contributed by atoms with Gasteiger partial charge in [-0.3, -0.25) is 0 Å². The number of hydrogen-bond donors (Lipinski definition) is 1. The van der Waals surface area contributed by atoms with Crippen LogP contribution >= 0.6 is 0 Å². The van der Waals surface area contributed by atoms with E-state index in [4.69, 9.17) is 5.73 Å². The van der Waals surface area contributed by atoms with Crippen molar-refractivity contribution in [3.8, 4) is 5.69 Å². The number of benzene rings is 2. The Hall–Kier alpha value is -2.13. The van der Waals surface area contributed by atoms with Gasteiger partial charge in [0.1, 0.15) is 0 Å². The second-order valence-corrected chi connectivity index (χ2v) is 3.95. The second kappa shape index (κ2) is 4.03. The van der Waals surface area contributed by atoms with Gasteiger partial charge in [0.05, 0.1) is 17.4 Å². The molecule has 0 radical (unpaired) electrons. The molecule has 3 nitrogen and oxygen atoms in total. The minimum Gasteiger partial charge on any atom is -0.326 e. The van der Waals surface area contributed by atoms with Crippen LogP contribution in [0, 0.1) is 0 Å². The molecule has 0 atom stereocenters.